The summed E-state index contributed by atoms with van der Waals surface area (Å²) >= 11 is 0. The van der Waals surface area contributed by atoms with Gasteiger partial charge in [0.2, 0.25) is 0 Å². The summed E-state index contributed by atoms with van der Waals surface area (Å²) in [6.07, 6.45) is 2.42. The van der Waals surface area contributed by atoms with Crippen LogP contribution in [0.5, 0.6) is 0 Å². The average Bonchev–Trinajstić information content (AvgIpc) is 2.26. The first kappa shape index (κ1) is 13.1. The maximum absolute atomic E-state index is 11.8. The second-order valence-electron chi connectivity index (χ2n) is 4.87. The van der Waals surface area contributed by atoms with E-state index < -0.39 is 11.5 Å². The van der Waals surface area contributed by atoms with Gasteiger partial charge in [0.05, 0.1) is 25.2 Å². The Hall–Kier alpha value is -1.34. The van der Waals surface area contributed by atoms with Crippen molar-refractivity contribution in [2.24, 2.45) is 0 Å². The molecule has 1 saturated carbocycles. The highest BCUT2D eigenvalue weighted by Crippen LogP contribution is 2.34. The van der Waals surface area contributed by atoms with E-state index in [1.165, 1.54) is 0 Å². The smallest absolute Gasteiger partial charge is 0.329 e. The maximum Gasteiger partial charge on any atom is 0.329 e. The molecule has 0 atom stereocenters. The molecule has 1 heterocycles. The third-order valence-electron chi connectivity index (χ3n) is 3.45. The summed E-state index contributed by atoms with van der Waals surface area (Å²) in [5.74, 6) is -0.874. The lowest BCUT2D eigenvalue weighted by Gasteiger charge is -2.42. The van der Waals surface area contributed by atoms with Crippen LogP contribution in [0, 0.1) is 0 Å². The van der Waals surface area contributed by atoms with Gasteiger partial charge in [-0.1, -0.05) is 0 Å². The average molecular weight is 257 g/mol. The number of ether oxygens (including phenoxy) is 1. The van der Waals surface area contributed by atoms with Gasteiger partial charge < -0.3 is 15.2 Å². The van der Waals surface area contributed by atoms with Gasteiger partial charge in [-0.25, -0.2) is 9.80 Å². The standard InChI is InChI=1S/C11H19N3O4/c15-9(16)8-11(2-1-3-11)12-10(17)13-14-4-6-18-7-5-14/h1-8H2,(H,15,16)(H2,12,13,17). The largest absolute Gasteiger partial charge is 0.481 e. The molecule has 0 radical (unpaired) electrons. The molecule has 2 aliphatic rings. The Morgan fingerprint density at radius 2 is 1.94 bits per heavy atom. The van der Waals surface area contributed by atoms with Crippen molar-refractivity contribution >= 4 is 12.0 Å². The van der Waals surface area contributed by atoms with Gasteiger partial charge in [-0.3, -0.25) is 10.2 Å². The fourth-order valence-electron chi connectivity index (χ4n) is 2.33. The molecule has 1 aliphatic carbocycles. The van der Waals surface area contributed by atoms with E-state index >= 15 is 0 Å². The number of hydrogen-bond donors (Lipinski definition) is 3. The normalized spacial score (nSPS) is 22.9. The van der Waals surface area contributed by atoms with Gasteiger partial charge in [-0.05, 0) is 19.3 Å². The summed E-state index contributed by atoms with van der Waals surface area (Å²) in [5.41, 5.74) is 2.17. The molecule has 0 spiro atoms. The van der Waals surface area contributed by atoms with Crippen molar-refractivity contribution in [1.82, 2.24) is 15.8 Å². The highest BCUT2D eigenvalue weighted by molar-refractivity contribution is 5.76. The molecular formula is C11H19N3O4. The number of hydrogen-bond acceptors (Lipinski definition) is 4. The van der Waals surface area contributed by atoms with Gasteiger partial charge in [-0.2, -0.15) is 0 Å². The number of nitrogens with zero attached hydrogens (tertiary/aromatic N) is 1. The van der Waals surface area contributed by atoms with Gasteiger partial charge in [0.1, 0.15) is 0 Å². The Morgan fingerprint density at radius 3 is 2.44 bits per heavy atom. The van der Waals surface area contributed by atoms with Crippen LogP contribution in [0.4, 0.5) is 4.79 Å². The molecule has 0 bridgehead atoms. The molecule has 2 rings (SSSR count). The topological polar surface area (TPSA) is 90.9 Å². The Balaban J connectivity index is 1.80. The number of urea groups is 1. The van der Waals surface area contributed by atoms with Crippen LogP contribution in [-0.2, 0) is 9.53 Å². The van der Waals surface area contributed by atoms with Crippen LogP contribution in [0.15, 0.2) is 0 Å². The van der Waals surface area contributed by atoms with Crippen molar-refractivity contribution in [2.45, 2.75) is 31.2 Å². The van der Waals surface area contributed by atoms with Crippen LogP contribution >= 0.6 is 0 Å². The fourth-order valence-corrected chi connectivity index (χ4v) is 2.33. The second kappa shape index (κ2) is 5.53. The number of carbonyl (C=O) groups excluding carboxylic acids is 1. The van der Waals surface area contributed by atoms with Crippen LogP contribution in [0.2, 0.25) is 0 Å². The minimum absolute atomic E-state index is 0.0104. The summed E-state index contributed by atoms with van der Waals surface area (Å²) in [5, 5.41) is 13.4. The zero-order valence-electron chi connectivity index (χ0n) is 10.3. The number of amides is 2. The van der Waals surface area contributed by atoms with Gasteiger partial charge in [-0.15, -0.1) is 0 Å². The fraction of sp³-hybridized carbons (Fsp3) is 0.818. The van der Waals surface area contributed by atoms with E-state index in [0.717, 1.165) is 19.3 Å². The molecule has 18 heavy (non-hydrogen) atoms. The lowest BCUT2D eigenvalue weighted by atomic mass is 9.74. The molecule has 102 valence electrons. The predicted molar refractivity (Wildman–Crippen MR) is 62.9 cm³/mol. The minimum Gasteiger partial charge on any atom is -0.481 e. The third kappa shape index (κ3) is 3.33. The molecule has 2 amide bonds. The van der Waals surface area contributed by atoms with Crippen molar-refractivity contribution in [1.29, 1.82) is 0 Å². The molecule has 0 aromatic rings. The predicted octanol–water partition coefficient (Wildman–Crippen LogP) is -0.0698. The number of carboxylic acid groups (broad SMARTS) is 1. The number of morpholine rings is 1. The molecule has 1 saturated heterocycles. The highest BCUT2D eigenvalue weighted by atomic mass is 16.5. The Bertz CT molecular complexity index is 324. The van der Waals surface area contributed by atoms with E-state index in [9.17, 15) is 9.59 Å². The van der Waals surface area contributed by atoms with E-state index in [0.29, 0.717) is 26.3 Å². The number of carboxylic acids is 1. The third-order valence-corrected chi connectivity index (χ3v) is 3.45. The van der Waals surface area contributed by atoms with E-state index in [1.807, 2.05) is 0 Å². The van der Waals surface area contributed by atoms with Crippen LogP contribution in [0.25, 0.3) is 0 Å². The number of nitrogens with one attached hydrogen (secondary N) is 2. The molecule has 3 N–H and O–H groups in total. The van der Waals surface area contributed by atoms with E-state index in [-0.39, 0.29) is 12.5 Å². The number of rotatable bonds is 4. The van der Waals surface area contributed by atoms with Crippen LogP contribution in [-0.4, -0.2) is 54.0 Å². The van der Waals surface area contributed by atoms with Crippen molar-refractivity contribution in [3.05, 3.63) is 0 Å². The van der Waals surface area contributed by atoms with Crippen LogP contribution < -0.4 is 10.7 Å². The maximum atomic E-state index is 11.8. The summed E-state index contributed by atoms with van der Waals surface area (Å²) in [4.78, 5) is 22.6. The van der Waals surface area contributed by atoms with E-state index in [2.05, 4.69) is 10.7 Å². The van der Waals surface area contributed by atoms with E-state index in [4.69, 9.17) is 9.84 Å². The van der Waals surface area contributed by atoms with E-state index in [1.54, 1.807) is 5.01 Å². The molecule has 7 nitrogen and oxygen atoms in total. The summed E-state index contributed by atoms with van der Waals surface area (Å²) in [7, 11) is 0. The number of hydrazine groups is 1. The quantitative estimate of drug-likeness (QED) is 0.656. The lowest BCUT2D eigenvalue weighted by molar-refractivity contribution is -0.139. The summed E-state index contributed by atoms with van der Waals surface area (Å²) in [6, 6.07) is -0.321. The molecular weight excluding hydrogens is 238 g/mol. The molecule has 2 fully saturated rings. The lowest BCUT2D eigenvalue weighted by Crippen LogP contribution is -2.60. The summed E-state index contributed by atoms with van der Waals surface area (Å²) in [6.45, 7) is 2.50. The molecule has 0 unspecified atom stereocenters. The van der Waals surface area contributed by atoms with Crippen molar-refractivity contribution < 1.29 is 19.4 Å². The van der Waals surface area contributed by atoms with Crippen LogP contribution in [0.1, 0.15) is 25.7 Å². The van der Waals surface area contributed by atoms with Gasteiger partial charge in [0.15, 0.2) is 0 Å². The van der Waals surface area contributed by atoms with Crippen LogP contribution in [0.3, 0.4) is 0 Å². The minimum atomic E-state index is -0.874. The first-order valence-corrected chi connectivity index (χ1v) is 6.23. The monoisotopic (exact) mass is 257 g/mol. The van der Waals surface area contributed by atoms with Crippen molar-refractivity contribution in [2.75, 3.05) is 26.3 Å². The Kier molecular flexibility index (Phi) is 4.03. The first-order chi connectivity index (χ1) is 8.60. The molecule has 7 heteroatoms. The number of aliphatic carboxylic acids is 1. The van der Waals surface area contributed by atoms with Gasteiger partial charge in [0.25, 0.3) is 0 Å². The number of carbonyl (C=O) groups is 2. The summed E-state index contributed by atoms with van der Waals surface area (Å²) < 4.78 is 5.18. The van der Waals surface area contributed by atoms with Gasteiger partial charge in [0, 0.05) is 13.1 Å². The highest BCUT2D eigenvalue weighted by Gasteiger charge is 2.40. The van der Waals surface area contributed by atoms with Gasteiger partial charge >= 0.3 is 12.0 Å². The Morgan fingerprint density at radius 1 is 1.28 bits per heavy atom. The Labute approximate surface area is 105 Å². The molecule has 0 aromatic heterocycles. The van der Waals surface area contributed by atoms with Crippen molar-refractivity contribution in [3.63, 3.8) is 0 Å². The molecule has 0 aromatic carbocycles. The van der Waals surface area contributed by atoms with Crippen molar-refractivity contribution in [3.8, 4) is 0 Å². The zero-order valence-corrected chi connectivity index (χ0v) is 10.3. The molecule has 1 aliphatic heterocycles. The zero-order chi connectivity index (χ0) is 13.0. The first-order valence-electron chi connectivity index (χ1n) is 6.23. The second-order valence-corrected chi connectivity index (χ2v) is 4.87. The SMILES string of the molecule is O=C(O)CC1(NC(=O)NN2CCOCC2)CCC1.